The van der Waals surface area contributed by atoms with Crippen molar-refractivity contribution in [2.24, 2.45) is 0 Å². The van der Waals surface area contributed by atoms with Crippen molar-refractivity contribution in [1.82, 2.24) is 0 Å². The van der Waals surface area contributed by atoms with Gasteiger partial charge in [-0.3, -0.25) is 0 Å². The molecule has 0 N–H and O–H groups in total. The van der Waals surface area contributed by atoms with Crippen molar-refractivity contribution in [3.05, 3.63) is 91.0 Å². The number of benzene rings is 3. The standard InChI is InChI=1S/C21H21OP/c1-2-23(18-22,19-12-6-3-7-13-19,20-14-8-4-9-15-20)21-16-10-5-11-17-21/h3-18H,2H2,1H3. The summed E-state index contributed by atoms with van der Waals surface area (Å²) in [5.41, 5.74) is 0. The summed E-state index contributed by atoms with van der Waals surface area (Å²) >= 11 is 0. The van der Waals surface area contributed by atoms with Crippen LogP contribution in [0.5, 0.6) is 0 Å². The second-order valence-electron chi connectivity index (χ2n) is 5.81. The summed E-state index contributed by atoms with van der Waals surface area (Å²) in [6, 6.07) is 32.1. The molecule has 2 heteroatoms. The van der Waals surface area contributed by atoms with Crippen LogP contribution in [0, 0.1) is 0 Å². The van der Waals surface area contributed by atoms with Crippen molar-refractivity contribution >= 4 is 28.5 Å². The topological polar surface area (TPSA) is 17.1 Å². The number of hydrogen-bond acceptors (Lipinski definition) is 1. The van der Waals surface area contributed by atoms with Gasteiger partial charge in [-0.2, -0.15) is 0 Å². The summed E-state index contributed by atoms with van der Waals surface area (Å²) in [5.74, 6) is 0. The summed E-state index contributed by atoms with van der Waals surface area (Å²) in [7, 11) is 0. The molecule has 0 unspecified atom stereocenters. The Morgan fingerprint density at radius 2 is 0.957 bits per heavy atom. The van der Waals surface area contributed by atoms with Crippen LogP contribution in [0.25, 0.3) is 0 Å². The molecule has 0 fully saturated rings. The summed E-state index contributed by atoms with van der Waals surface area (Å²) < 4.78 is 0. The molecule has 3 rings (SSSR count). The molecule has 0 atom stereocenters. The zero-order valence-corrected chi connectivity index (χ0v) is 14.2. The first-order chi connectivity index (χ1) is 11.3. The van der Waals surface area contributed by atoms with E-state index in [-0.39, 0.29) is 0 Å². The molecular formula is C21H21OP. The third kappa shape index (κ3) is 2.16. The Morgan fingerprint density at radius 1 is 0.652 bits per heavy atom. The van der Waals surface area contributed by atoms with Crippen LogP contribution in [0.2, 0.25) is 0 Å². The van der Waals surface area contributed by atoms with E-state index in [9.17, 15) is 4.79 Å². The molecule has 1 nitrogen and oxygen atoms in total. The van der Waals surface area contributed by atoms with E-state index in [0.717, 1.165) is 22.1 Å². The molecule has 116 valence electrons. The molecule has 0 spiro atoms. The van der Waals surface area contributed by atoms with Gasteiger partial charge in [0.1, 0.15) is 0 Å². The molecule has 0 amide bonds. The monoisotopic (exact) mass is 320 g/mol. The number of carbonyl (C=O) groups is 1. The first kappa shape index (κ1) is 15.6. The summed E-state index contributed by atoms with van der Waals surface area (Å²) in [4.78, 5) is 12.8. The second kappa shape index (κ2) is 6.10. The average Bonchev–Trinajstić information content (AvgIpc) is 2.67. The van der Waals surface area contributed by atoms with Gasteiger partial charge in [-0.05, 0) is 0 Å². The molecule has 0 saturated carbocycles. The van der Waals surface area contributed by atoms with E-state index in [4.69, 9.17) is 0 Å². The summed E-state index contributed by atoms with van der Waals surface area (Å²) in [6.07, 6.45) is 0.785. The van der Waals surface area contributed by atoms with Crippen LogP contribution in [-0.2, 0) is 4.79 Å². The Hall–Kier alpha value is -2.24. The molecular weight excluding hydrogens is 299 g/mol. The molecule has 0 aliphatic heterocycles. The summed E-state index contributed by atoms with van der Waals surface area (Å²) in [6.45, 7) is -0.968. The van der Waals surface area contributed by atoms with Gasteiger partial charge in [0.05, 0.1) is 0 Å². The molecule has 23 heavy (non-hydrogen) atoms. The number of hydrogen-bond donors (Lipinski definition) is 0. The van der Waals surface area contributed by atoms with E-state index < -0.39 is 6.60 Å². The van der Waals surface area contributed by atoms with Crippen molar-refractivity contribution < 1.29 is 4.79 Å². The van der Waals surface area contributed by atoms with E-state index >= 15 is 0 Å². The van der Waals surface area contributed by atoms with Crippen LogP contribution in [-0.4, -0.2) is 12.2 Å². The zero-order chi connectivity index (χ0) is 16.2. The van der Waals surface area contributed by atoms with Gasteiger partial charge in [0, 0.05) is 0 Å². The van der Waals surface area contributed by atoms with Gasteiger partial charge in [0.25, 0.3) is 0 Å². The number of carbonyl (C=O) groups excluding carboxylic acids is 1. The van der Waals surface area contributed by atoms with Gasteiger partial charge in [-0.1, -0.05) is 0 Å². The molecule has 3 aromatic rings. The third-order valence-corrected chi connectivity index (χ3v) is 11.1. The van der Waals surface area contributed by atoms with Gasteiger partial charge in [-0.15, -0.1) is 0 Å². The Morgan fingerprint density at radius 3 is 1.17 bits per heavy atom. The summed E-state index contributed by atoms with van der Waals surface area (Å²) in [5, 5.41) is 3.40. The molecule has 0 radical (unpaired) electrons. The van der Waals surface area contributed by atoms with Crippen molar-refractivity contribution in [1.29, 1.82) is 0 Å². The molecule has 0 heterocycles. The molecule has 0 bridgehead atoms. The average molecular weight is 320 g/mol. The van der Waals surface area contributed by atoms with Crippen LogP contribution in [0.1, 0.15) is 6.92 Å². The zero-order valence-electron chi connectivity index (χ0n) is 13.3. The van der Waals surface area contributed by atoms with Crippen molar-refractivity contribution in [2.45, 2.75) is 6.92 Å². The maximum atomic E-state index is 12.8. The Labute approximate surface area is 137 Å². The van der Waals surface area contributed by atoms with Crippen molar-refractivity contribution in [2.75, 3.05) is 6.16 Å². The van der Waals surface area contributed by atoms with Gasteiger partial charge >= 0.3 is 137 Å². The van der Waals surface area contributed by atoms with Crippen molar-refractivity contribution in [3.63, 3.8) is 0 Å². The molecule has 0 aromatic heterocycles. The van der Waals surface area contributed by atoms with E-state index in [1.54, 1.807) is 0 Å². The normalized spacial score (nSPS) is 13.0. The van der Waals surface area contributed by atoms with Crippen LogP contribution in [0.4, 0.5) is 0 Å². The van der Waals surface area contributed by atoms with Gasteiger partial charge < -0.3 is 0 Å². The third-order valence-electron chi connectivity index (χ3n) is 4.93. The van der Waals surface area contributed by atoms with E-state index in [0.29, 0.717) is 0 Å². The quantitative estimate of drug-likeness (QED) is 0.517. The Balaban J connectivity index is 2.49. The van der Waals surface area contributed by atoms with Crippen LogP contribution in [0.15, 0.2) is 91.0 Å². The van der Waals surface area contributed by atoms with Gasteiger partial charge in [0.15, 0.2) is 0 Å². The van der Waals surface area contributed by atoms with Crippen LogP contribution in [0.3, 0.4) is 0 Å². The molecule has 3 aromatic carbocycles. The van der Waals surface area contributed by atoms with E-state index in [1.807, 2.05) is 54.6 Å². The van der Waals surface area contributed by atoms with Gasteiger partial charge in [0.2, 0.25) is 0 Å². The Bertz CT molecular complexity index is 682. The first-order valence-electron chi connectivity index (χ1n) is 7.92. The van der Waals surface area contributed by atoms with Crippen molar-refractivity contribution in [3.8, 4) is 0 Å². The molecule has 0 aliphatic carbocycles. The predicted molar refractivity (Wildman–Crippen MR) is 102 cm³/mol. The fourth-order valence-corrected chi connectivity index (χ4v) is 8.62. The first-order valence-corrected chi connectivity index (χ1v) is 10.4. The minimum atomic E-state index is -3.11. The van der Waals surface area contributed by atoms with E-state index in [2.05, 4.69) is 43.3 Å². The van der Waals surface area contributed by atoms with E-state index in [1.165, 1.54) is 6.03 Å². The maximum absolute atomic E-state index is 12.8. The molecule has 0 saturated heterocycles. The predicted octanol–water partition coefficient (Wildman–Crippen LogP) is 3.73. The fraction of sp³-hybridized carbons (Fsp3) is 0.0952. The minimum absolute atomic E-state index is 0.785. The number of rotatable bonds is 5. The Kier molecular flexibility index (Phi) is 4.15. The van der Waals surface area contributed by atoms with Gasteiger partial charge in [-0.25, -0.2) is 0 Å². The van der Waals surface area contributed by atoms with Crippen LogP contribution >= 0.6 is 6.60 Å². The second-order valence-corrected chi connectivity index (χ2v) is 11.0. The SMILES string of the molecule is CCP(C=O)(c1ccccc1)(c1ccccc1)c1ccccc1. The van der Waals surface area contributed by atoms with Crippen LogP contribution < -0.4 is 15.9 Å². The fourth-order valence-electron chi connectivity index (χ4n) is 3.56. The molecule has 0 aliphatic rings.